The number of benzene rings is 1. The quantitative estimate of drug-likeness (QED) is 0.768. The van der Waals surface area contributed by atoms with Gasteiger partial charge in [-0.3, -0.25) is 4.79 Å². The van der Waals surface area contributed by atoms with Crippen LogP contribution in [0.15, 0.2) is 24.3 Å². The number of nitrogens with zero attached hydrogens (tertiary/aromatic N) is 1. The minimum absolute atomic E-state index is 0.0983. The van der Waals surface area contributed by atoms with Gasteiger partial charge in [0.2, 0.25) is 5.91 Å². The van der Waals surface area contributed by atoms with Crippen LogP contribution in [-0.4, -0.2) is 37.0 Å². The molecule has 4 nitrogen and oxygen atoms in total. The average Bonchev–Trinajstić information content (AvgIpc) is 2.40. The summed E-state index contributed by atoms with van der Waals surface area (Å²) in [5, 5.41) is 2.85. The lowest BCUT2D eigenvalue weighted by molar-refractivity contribution is -0.122. The molecule has 0 bridgehead atoms. The molecule has 0 heterocycles. The second kappa shape index (κ2) is 8.74. The summed E-state index contributed by atoms with van der Waals surface area (Å²) in [6, 6.07) is 6.00. The number of likely N-dealkylation sites (N-methyl/N-ethyl adjacent to an activating group) is 1. The Bertz CT molecular complexity index is 434. The first kappa shape index (κ1) is 17.6. The van der Waals surface area contributed by atoms with Gasteiger partial charge in [0.15, 0.2) is 0 Å². The third-order valence-electron chi connectivity index (χ3n) is 3.22. The van der Waals surface area contributed by atoms with Crippen LogP contribution in [-0.2, 0) is 11.3 Å². The fourth-order valence-electron chi connectivity index (χ4n) is 2.10. The van der Waals surface area contributed by atoms with Crippen molar-refractivity contribution in [3.05, 3.63) is 35.6 Å². The maximum Gasteiger partial charge on any atom is 0.236 e. The Hall–Kier alpha value is -1.46. The van der Waals surface area contributed by atoms with E-state index in [1.165, 1.54) is 12.1 Å². The molecule has 5 heteroatoms. The molecule has 0 fully saturated rings. The van der Waals surface area contributed by atoms with Crippen molar-refractivity contribution in [1.82, 2.24) is 10.2 Å². The van der Waals surface area contributed by atoms with Crippen LogP contribution >= 0.6 is 0 Å². The number of hydrogen-bond acceptors (Lipinski definition) is 3. The van der Waals surface area contributed by atoms with E-state index in [0.29, 0.717) is 25.4 Å². The molecule has 0 radical (unpaired) electrons. The zero-order valence-electron chi connectivity index (χ0n) is 13.1. The minimum atomic E-state index is -0.438. The lowest BCUT2D eigenvalue weighted by atomic mass is 10.0. The number of nitrogens with one attached hydrogen (secondary N) is 1. The second-order valence-electron chi connectivity index (χ2n) is 5.89. The first-order valence-electron chi connectivity index (χ1n) is 7.34. The van der Waals surface area contributed by atoms with Gasteiger partial charge in [-0.25, -0.2) is 4.39 Å². The van der Waals surface area contributed by atoms with E-state index in [1.807, 2.05) is 20.9 Å². The highest BCUT2D eigenvalue weighted by Crippen LogP contribution is 2.05. The summed E-state index contributed by atoms with van der Waals surface area (Å²) < 4.78 is 12.8. The zero-order chi connectivity index (χ0) is 15.8. The number of amides is 1. The number of hydrogen-bond donors (Lipinski definition) is 2. The monoisotopic (exact) mass is 295 g/mol. The largest absolute Gasteiger partial charge is 0.353 e. The number of carbonyl (C=O) groups is 1. The summed E-state index contributed by atoms with van der Waals surface area (Å²) in [7, 11) is 1.96. The van der Waals surface area contributed by atoms with E-state index in [2.05, 4.69) is 10.2 Å². The van der Waals surface area contributed by atoms with Gasteiger partial charge < -0.3 is 16.0 Å². The van der Waals surface area contributed by atoms with Crippen molar-refractivity contribution in [2.24, 2.45) is 11.7 Å². The topological polar surface area (TPSA) is 58.4 Å². The molecule has 0 aromatic heterocycles. The molecule has 0 spiro atoms. The van der Waals surface area contributed by atoms with Crippen LogP contribution < -0.4 is 11.1 Å². The van der Waals surface area contributed by atoms with Gasteiger partial charge in [-0.15, -0.1) is 0 Å². The Morgan fingerprint density at radius 1 is 1.33 bits per heavy atom. The molecule has 21 heavy (non-hydrogen) atoms. The molecule has 1 rings (SSSR count). The summed E-state index contributed by atoms with van der Waals surface area (Å²) in [5.74, 6) is 0.0820. The van der Waals surface area contributed by atoms with Crippen LogP contribution in [0.3, 0.4) is 0 Å². The molecule has 118 valence electrons. The number of carbonyl (C=O) groups excluding carboxylic acids is 1. The van der Waals surface area contributed by atoms with Gasteiger partial charge in [-0.2, -0.15) is 0 Å². The van der Waals surface area contributed by atoms with E-state index >= 15 is 0 Å². The molecular weight excluding hydrogens is 269 g/mol. The normalized spacial score (nSPS) is 12.7. The average molecular weight is 295 g/mol. The predicted octanol–water partition coefficient (Wildman–Crippen LogP) is 1.75. The Balaban J connectivity index is 2.25. The number of halogens is 1. The summed E-state index contributed by atoms with van der Waals surface area (Å²) >= 11 is 0. The van der Waals surface area contributed by atoms with Gasteiger partial charge in [0.25, 0.3) is 0 Å². The fourth-order valence-corrected chi connectivity index (χ4v) is 2.10. The van der Waals surface area contributed by atoms with Crippen molar-refractivity contribution in [1.29, 1.82) is 0 Å². The van der Waals surface area contributed by atoms with E-state index in [9.17, 15) is 9.18 Å². The smallest absolute Gasteiger partial charge is 0.236 e. The summed E-state index contributed by atoms with van der Waals surface area (Å²) in [6.07, 6.45) is 0.692. The molecule has 1 aromatic rings. The standard InChI is InChI=1S/C16H26FN3O/c1-12(2)10-15(18)16(21)19-8-9-20(3)11-13-4-6-14(17)7-5-13/h4-7,12,15H,8-11,18H2,1-3H3,(H,19,21)/t15-/m0/s1. The van der Waals surface area contributed by atoms with Gasteiger partial charge in [-0.05, 0) is 37.1 Å². The van der Waals surface area contributed by atoms with Crippen molar-refractivity contribution in [2.75, 3.05) is 20.1 Å². The van der Waals surface area contributed by atoms with E-state index < -0.39 is 6.04 Å². The van der Waals surface area contributed by atoms with Crippen LogP contribution in [0.25, 0.3) is 0 Å². The van der Waals surface area contributed by atoms with E-state index in [1.54, 1.807) is 12.1 Å². The maximum absolute atomic E-state index is 12.8. The zero-order valence-corrected chi connectivity index (χ0v) is 13.1. The van der Waals surface area contributed by atoms with Gasteiger partial charge >= 0.3 is 0 Å². The molecule has 1 amide bonds. The van der Waals surface area contributed by atoms with Crippen molar-refractivity contribution < 1.29 is 9.18 Å². The fraction of sp³-hybridized carbons (Fsp3) is 0.562. The van der Waals surface area contributed by atoms with E-state index in [0.717, 1.165) is 12.1 Å². The molecule has 0 saturated carbocycles. The molecule has 0 aliphatic carbocycles. The Morgan fingerprint density at radius 2 is 1.95 bits per heavy atom. The van der Waals surface area contributed by atoms with Crippen LogP contribution in [0.1, 0.15) is 25.8 Å². The summed E-state index contributed by atoms with van der Waals surface area (Å²) in [5.41, 5.74) is 6.85. The van der Waals surface area contributed by atoms with Crippen molar-refractivity contribution in [3.63, 3.8) is 0 Å². The van der Waals surface area contributed by atoms with Crippen LogP contribution in [0, 0.1) is 11.7 Å². The first-order valence-corrected chi connectivity index (χ1v) is 7.34. The Kier molecular flexibility index (Phi) is 7.32. The van der Waals surface area contributed by atoms with Gasteiger partial charge in [-0.1, -0.05) is 26.0 Å². The van der Waals surface area contributed by atoms with Gasteiger partial charge in [0, 0.05) is 19.6 Å². The predicted molar refractivity (Wildman–Crippen MR) is 83.2 cm³/mol. The highest BCUT2D eigenvalue weighted by Gasteiger charge is 2.14. The minimum Gasteiger partial charge on any atom is -0.353 e. The molecule has 3 N–H and O–H groups in total. The lowest BCUT2D eigenvalue weighted by Gasteiger charge is -2.18. The van der Waals surface area contributed by atoms with E-state index in [4.69, 9.17) is 5.73 Å². The maximum atomic E-state index is 12.8. The van der Waals surface area contributed by atoms with Gasteiger partial charge in [0.05, 0.1) is 6.04 Å². The molecule has 0 aliphatic heterocycles. The third kappa shape index (κ3) is 7.20. The molecule has 1 aromatic carbocycles. The van der Waals surface area contributed by atoms with Crippen LogP contribution in [0.2, 0.25) is 0 Å². The second-order valence-corrected chi connectivity index (χ2v) is 5.89. The van der Waals surface area contributed by atoms with Crippen LogP contribution in [0.4, 0.5) is 4.39 Å². The third-order valence-corrected chi connectivity index (χ3v) is 3.22. The highest BCUT2D eigenvalue weighted by atomic mass is 19.1. The number of nitrogens with two attached hydrogens (primary N) is 1. The molecule has 1 atom stereocenters. The molecule has 0 unspecified atom stereocenters. The molecule has 0 saturated heterocycles. The first-order chi connectivity index (χ1) is 9.88. The van der Waals surface area contributed by atoms with Crippen molar-refractivity contribution >= 4 is 5.91 Å². The summed E-state index contributed by atoms with van der Waals surface area (Å²) in [4.78, 5) is 13.8. The van der Waals surface area contributed by atoms with E-state index in [-0.39, 0.29) is 11.7 Å². The van der Waals surface area contributed by atoms with Crippen molar-refractivity contribution in [3.8, 4) is 0 Å². The lowest BCUT2D eigenvalue weighted by Crippen LogP contribution is -2.43. The molecule has 0 aliphatic rings. The highest BCUT2D eigenvalue weighted by molar-refractivity contribution is 5.81. The van der Waals surface area contributed by atoms with Crippen LogP contribution in [0.5, 0.6) is 0 Å². The van der Waals surface area contributed by atoms with Crippen molar-refractivity contribution in [2.45, 2.75) is 32.9 Å². The number of rotatable bonds is 8. The summed E-state index contributed by atoms with van der Waals surface area (Å²) in [6.45, 7) is 6.08. The molecular formula is C16H26FN3O. The SMILES string of the molecule is CC(C)C[C@H](N)C(=O)NCCN(C)Cc1ccc(F)cc1. The van der Waals surface area contributed by atoms with Gasteiger partial charge in [0.1, 0.15) is 5.82 Å². The Morgan fingerprint density at radius 3 is 2.52 bits per heavy atom. The Labute approximate surface area is 126 Å².